The van der Waals surface area contributed by atoms with Crippen molar-refractivity contribution in [2.24, 2.45) is 5.73 Å². The molecule has 1 aliphatic heterocycles. The molecule has 1 aliphatic rings. The molecule has 1 heterocycles. The highest BCUT2D eigenvalue weighted by Crippen LogP contribution is 2.32. The second-order valence-electron chi connectivity index (χ2n) is 4.79. The summed E-state index contributed by atoms with van der Waals surface area (Å²) in [4.78, 5) is 2.35. The second-order valence-corrected chi connectivity index (χ2v) is 5.23. The first-order valence-corrected chi connectivity index (χ1v) is 6.17. The predicted molar refractivity (Wildman–Crippen MR) is 68.8 cm³/mol. The molecule has 0 radical (unpaired) electrons. The maximum atomic E-state index is 5.98. The largest absolute Gasteiger partial charge is 0.327 e. The highest BCUT2D eigenvalue weighted by atomic mass is 35.5. The van der Waals surface area contributed by atoms with E-state index in [1.807, 2.05) is 12.1 Å². The minimum Gasteiger partial charge on any atom is -0.327 e. The fourth-order valence-electron chi connectivity index (χ4n) is 2.59. The molecule has 1 aromatic rings. The van der Waals surface area contributed by atoms with Crippen LogP contribution in [-0.4, -0.2) is 24.5 Å². The van der Waals surface area contributed by atoms with Crippen LogP contribution in [0.1, 0.15) is 30.0 Å². The molecule has 0 amide bonds. The zero-order chi connectivity index (χ0) is 11.7. The lowest BCUT2D eigenvalue weighted by molar-refractivity contribution is 0.169. The molecular weight excluding hydrogens is 220 g/mol. The van der Waals surface area contributed by atoms with Crippen LogP contribution < -0.4 is 5.73 Å². The Morgan fingerprint density at radius 1 is 1.38 bits per heavy atom. The summed E-state index contributed by atoms with van der Waals surface area (Å²) in [6.07, 6.45) is 2.25. The van der Waals surface area contributed by atoms with E-state index in [0.29, 0.717) is 12.1 Å². The summed E-state index contributed by atoms with van der Waals surface area (Å²) in [5.74, 6) is 0. The van der Waals surface area contributed by atoms with Gasteiger partial charge in [-0.3, -0.25) is 4.90 Å². The molecule has 88 valence electrons. The van der Waals surface area contributed by atoms with Gasteiger partial charge in [0.05, 0.1) is 0 Å². The van der Waals surface area contributed by atoms with Crippen LogP contribution in [0.3, 0.4) is 0 Å². The van der Waals surface area contributed by atoms with Gasteiger partial charge in [-0.1, -0.05) is 17.7 Å². The van der Waals surface area contributed by atoms with Gasteiger partial charge in [0.25, 0.3) is 0 Å². The number of hydrogen-bond donors (Lipinski definition) is 1. The minimum atomic E-state index is 0.328. The van der Waals surface area contributed by atoms with E-state index in [4.69, 9.17) is 17.3 Å². The lowest BCUT2D eigenvalue weighted by Gasteiger charge is -2.36. The van der Waals surface area contributed by atoms with Crippen LogP contribution in [0.4, 0.5) is 0 Å². The zero-order valence-electron chi connectivity index (χ0n) is 9.91. The smallest absolute Gasteiger partial charge is 0.0408 e. The van der Waals surface area contributed by atoms with Gasteiger partial charge in [0, 0.05) is 23.7 Å². The number of piperidine rings is 1. The number of nitrogens with two attached hydrogens (primary N) is 1. The van der Waals surface area contributed by atoms with Gasteiger partial charge in [0.1, 0.15) is 0 Å². The van der Waals surface area contributed by atoms with E-state index in [2.05, 4.69) is 24.9 Å². The summed E-state index contributed by atoms with van der Waals surface area (Å²) in [6.45, 7) is 3.11. The van der Waals surface area contributed by atoms with Crippen molar-refractivity contribution in [3.05, 3.63) is 34.3 Å². The van der Waals surface area contributed by atoms with Crippen molar-refractivity contribution in [2.45, 2.75) is 31.8 Å². The number of rotatable bonds is 1. The van der Waals surface area contributed by atoms with Gasteiger partial charge >= 0.3 is 0 Å². The second kappa shape index (κ2) is 4.74. The summed E-state index contributed by atoms with van der Waals surface area (Å²) in [6, 6.07) is 6.99. The maximum absolute atomic E-state index is 5.98. The van der Waals surface area contributed by atoms with Crippen molar-refractivity contribution in [1.82, 2.24) is 4.90 Å². The first kappa shape index (κ1) is 11.9. The van der Waals surface area contributed by atoms with E-state index in [0.717, 1.165) is 24.4 Å². The van der Waals surface area contributed by atoms with Crippen molar-refractivity contribution < 1.29 is 0 Å². The number of halogens is 1. The van der Waals surface area contributed by atoms with Gasteiger partial charge in [-0.2, -0.15) is 0 Å². The number of benzene rings is 1. The average Bonchev–Trinajstić information content (AvgIpc) is 2.19. The van der Waals surface area contributed by atoms with E-state index in [1.54, 1.807) is 0 Å². The lowest BCUT2D eigenvalue weighted by atomic mass is 9.91. The molecule has 16 heavy (non-hydrogen) atoms. The Morgan fingerprint density at radius 2 is 2.12 bits per heavy atom. The van der Waals surface area contributed by atoms with Gasteiger partial charge in [-0.15, -0.1) is 0 Å². The molecule has 2 unspecified atom stereocenters. The fraction of sp³-hybridized carbons (Fsp3) is 0.538. The molecule has 0 bridgehead atoms. The first-order valence-electron chi connectivity index (χ1n) is 5.80. The molecule has 0 spiro atoms. The maximum Gasteiger partial charge on any atom is 0.0408 e. The van der Waals surface area contributed by atoms with Gasteiger partial charge in [0.15, 0.2) is 0 Å². The van der Waals surface area contributed by atoms with Crippen LogP contribution in [-0.2, 0) is 0 Å². The Hall–Kier alpha value is -0.570. The molecule has 2 atom stereocenters. The van der Waals surface area contributed by atoms with E-state index < -0.39 is 0 Å². The third kappa shape index (κ3) is 2.40. The first-order chi connectivity index (χ1) is 7.58. The monoisotopic (exact) mass is 238 g/mol. The summed E-state index contributed by atoms with van der Waals surface area (Å²) in [5, 5.41) is 0.816. The Labute approximate surface area is 102 Å². The summed E-state index contributed by atoms with van der Waals surface area (Å²) in [7, 11) is 2.15. The highest BCUT2D eigenvalue weighted by Gasteiger charge is 2.25. The molecule has 3 heteroatoms. The normalized spacial score (nSPS) is 27.0. The number of likely N-dealkylation sites (tertiary alicyclic amines) is 1. The quantitative estimate of drug-likeness (QED) is 0.815. The van der Waals surface area contributed by atoms with E-state index in [-0.39, 0.29) is 0 Å². The Bertz CT molecular complexity index is 378. The van der Waals surface area contributed by atoms with Gasteiger partial charge in [-0.25, -0.2) is 0 Å². The molecule has 1 fully saturated rings. The summed E-state index contributed by atoms with van der Waals surface area (Å²) in [5.41, 5.74) is 8.63. The topological polar surface area (TPSA) is 29.3 Å². The van der Waals surface area contributed by atoms with Crippen molar-refractivity contribution >= 4 is 11.6 Å². The number of hydrogen-bond acceptors (Lipinski definition) is 2. The fourth-order valence-corrected chi connectivity index (χ4v) is 2.81. The third-order valence-electron chi connectivity index (χ3n) is 3.46. The van der Waals surface area contributed by atoms with Crippen molar-refractivity contribution in [1.29, 1.82) is 0 Å². The molecular formula is C13H19ClN2. The highest BCUT2D eigenvalue weighted by molar-refractivity contribution is 6.30. The summed E-state index contributed by atoms with van der Waals surface area (Å²) < 4.78 is 0. The molecule has 1 aromatic carbocycles. The van der Waals surface area contributed by atoms with Crippen LogP contribution in [0.5, 0.6) is 0 Å². The van der Waals surface area contributed by atoms with Gasteiger partial charge in [-0.05, 0) is 50.1 Å². The molecule has 2 rings (SSSR count). The SMILES string of the molecule is Cc1cc(Cl)ccc1C1CCC(N)CN1C. The molecule has 0 saturated carbocycles. The third-order valence-corrected chi connectivity index (χ3v) is 3.69. The van der Waals surface area contributed by atoms with Crippen LogP contribution in [0, 0.1) is 6.92 Å². The molecule has 1 saturated heterocycles. The Morgan fingerprint density at radius 3 is 2.75 bits per heavy atom. The van der Waals surface area contributed by atoms with E-state index >= 15 is 0 Å². The molecule has 2 N–H and O–H groups in total. The molecule has 0 aliphatic carbocycles. The average molecular weight is 239 g/mol. The Balaban J connectivity index is 2.23. The van der Waals surface area contributed by atoms with Crippen molar-refractivity contribution in [3.63, 3.8) is 0 Å². The lowest BCUT2D eigenvalue weighted by Crippen LogP contribution is -2.42. The zero-order valence-corrected chi connectivity index (χ0v) is 10.7. The standard InChI is InChI=1S/C13H19ClN2/c1-9-7-10(14)3-5-12(9)13-6-4-11(15)8-16(13)2/h3,5,7,11,13H,4,6,8,15H2,1-2H3. The number of aryl methyl sites for hydroxylation is 1. The molecule has 0 aromatic heterocycles. The van der Waals surface area contributed by atoms with Crippen molar-refractivity contribution in [3.8, 4) is 0 Å². The summed E-state index contributed by atoms with van der Waals surface area (Å²) >= 11 is 5.98. The van der Waals surface area contributed by atoms with Crippen LogP contribution >= 0.6 is 11.6 Å². The van der Waals surface area contributed by atoms with E-state index in [1.165, 1.54) is 11.1 Å². The van der Waals surface area contributed by atoms with Crippen LogP contribution in [0.25, 0.3) is 0 Å². The van der Waals surface area contributed by atoms with Crippen molar-refractivity contribution in [2.75, 3.05) is 13.6 Å². The van der Waals surface area contributed by atoms with Crippen LogP contribution in [0.15, 0.2) is 18.2 Å². The van der Waals surface area contributed by atoms with Gasteiger partial charge < -0.3 is 5.73 Å². The number of nitrogens with zero attached hydrogens (tertiary/aromatic N) is 1. The van der Waals surface area contributed by atoms with E-state index in [9.17, 15) is 0 Å². The Kier molecular flexibility index (Phi) is 3.53. The van der Waals surface area contributed by atoms with Crippen LogP contribution in [0.2, 0.25) is 5.02 Å². The van der Waals surface area contributed by atoms with Gasteiger partial charge in [0.2, 0.25) is 0 Å². The minimum absolute atomic E-state index is 0.328. The number of likely N-dealkylation sites (N-methyl/N-ethyl adjacent to an activating group) is 1. The predicted octanol–water partition coefficient (Wildman–Crippen LogP) is 2.74. The molecule has 2 nitrogen and oxygen atoms in total.